The Labute approximate surface area is 186 Å². The molecular weight excluding hydrogens is 418 g/mol. The molecule has 3 rings (SSSR count). The van der Waals surface area contributed by atoms with E-state index in [1.807, 2.05) is 20.8 Å². The highest BCUT2D eigenvalue weighted by molar-refractivity contribution is 6.38. The minimum absolute atomic E-state index is 0.0647. The van der Waals surface area contributed by atoms with Crippen LogP contribution < -0.4 is 10.6 Å². The largest absolute Gasteiger partial charge is 0.455 e. The van der Waals surface area contributed by atoms with E-state index in [9.17, 15) is 9.59 Å². The number of aromatic nitrogens is 2. The van der Waals surface area contributed by atoms with Gasteiger partial charge >= 0.3 is 5.97 Å². The molecule has 1 fully saturated rings. The van der Waals surface area contributed by atoms with Crippen LogP contribution in [-0.4, -0.2) is 46.2 Å². The van der Waals surface area contributed by atoms with Gasteiger partial charge in [-0.15, -0.1) is 0 Å². The van der Waals surface area contributed by atoms with Gasteiger partial charge in [-0.05, 0) is 71.0 Å². The fraction of sp³-hybridized carbons (Fsp3) is 0.409. The molecule has 3 heterocycles. The van der Waals surface area contributed by atoms with Crippen molar-refractivity contribution in [3.05, 3.63) is 47.4 Å². The lowest BCUT2D eigenvalue weighted by molar-refractivity contribution is -0.146. The maximum atomic E-state index is 12.9. The number of hydrogen-bond donors (Lipinski definition) is 2. The second-order valence-corrected chi connectivity index (χ2v) is 8.65. The van der Waals surface area contributed by atoms with Crippen molar-refractivity contribution in [2.45, 2.75) is 39.2 Å². The van der Waals surface area contributed by atoms with E-state index in [-0.39, 0.29) is 11.6 Å². The van der Waals surface area contributed by atoms with Gasteiger partial charge in [0.1, 0.15) is 17.1 Å². The maximum absolute atomic E-state index is 12.9. The number of rotatable bonds is 5. The summed E-state index contributed by atoms with van der Waals surface area (Å²) in [7, 11) is 0. The van der Waals surface area contributed by atoms with Crippen molar-refractivity contribution in [2.75, 3.05) is 18.4 Å². The van der Waals surface area contributed by atoms with Gasteiger partial charge < -0.3 is 15.4 Å². The number of aliphatic imine (C=N–C) groups is 1. The summed E-state index contributed by atoms with van der Waals surface area (Å²) in [6.07, 6.45) is 4.45. The number of nitrogens with one attached hydrogen (secondary N) is 2. The molecule has 0 radical (unpaired) electrons. The van der Waals surface area contributed by atoms with Crippen LogP contribution in [0.3, 0.4) is 0 Å². The molecule has 0 atom stereocenters. The SMILES string of the molecule is CC(C)(C)OC(=O)C(=Nc1cccnc1C(=O)Nc1ccc(Cl)cn1)C1CCNCC1. The van der Waals surface area contributed by atoms with Gasteiger partial charge in [0, 0.05) is 18.3 Å². The number of carbonyl (C=O) groups excluding carboxylic acids is 2. The summed E-state index contributed by atoms with van der Waals surface area (Å²) in [6.45, 7) is 7.01. The first-order valence-corrected chi connectivity index (χ1v) is 10.5. The molecule has 0 unspecified atom stereocenters. The third kappa shape index (κ3) is 6.57. The van der Waals surface area contributed by atoms with Gasteiger partial charge in [0.05, 0.1) is 10.7 Å². The van der Waals surface area contributed by atoms with Crippen LogP contribution in [0.25, 0.3) is 0 Å². The number of halogens is 1. The van der Waals surface area contributed by atoms with Crippen LogP contribution in [0.4, 0.5) is 11.5 Å². The Morgan fingerprint density at radius 3 is 2.58 bits per heavy atom. The number of carbonyl (C=O) groups is 2. The average Bonchev–Trinajstić information content (AvgIpc) is 2.73. The maximum Gasteiger partial charge on any atom is 0.353 e. The van der Waals surface area contributed by atoms with Crippen molar-refractivity contribution < 1.29 is 14.3 Å². The first-order valence-electron chi connectivity index (χ1n) is 10.1. The van der Waals surface area contributed by atoms with Crippen LogP contribution in [0.1, 0.15) is 44.1 Å². The van der Waals surface area contributed by atoms with Crippen LogP contribution >= 0.6 is 11.6 Å². The molecule has 2 N–H and O–H groups in total. The molecule has 9 heteroatoms. The molecule has 0 bridgehead atoms. The Morgan fingerprint density at radius 1 is 1.19 bits per heavy atom. The normalized spacial score (nSPS) is 15.4. The molecule has 0 saturated carbocycles. The summed E-state index contributed by atoms with van der Waals surface area (Å²) in [4.78, 5) is 38.6. The van der Waals surface area contributed by atoms with E-state index >= 15 is 0 Å². The Hall–Kier alpha value is -2.84. The fourth-order valence-electron chi connectivity index (χ4n) is 3.15. The third-order valence-electron chi connectivity index (χ3n) is 4.55. The molecule has 0 aliphatic carbocycles. The van der Waals surface area contributed by atoms with Crippen molar-refractivity contribution in [3.63, 3.8) is 0 Å². The van der Waals surface area contributed by atoms with E-state index in [0.717, 1.165) is 25.9 Å². The van der Waals surface area contributed by atoms with Crippen LogP contribution in [0, 0.1) is 5.92 Å². The standard InChI is InChI=1S/C22H26ClN5O3/c1-22(2,3)31-21(30)18(14-8-11-24-12-9-14)27-16-5-4-10-25-19(16)20(29)28-17-7-6-15(23)13-26-17/h4-7,10,13-14,24H,8-9,11-12H2,1-3H3,(H,26,28,29). The second-order valence-electron chi connectivity index (χ2n) is 8.21. The topological polar surface area (TPSA) is 106 Å². The number of piperidine rings is 1. The quantitative estimate of drug-likeness (QED) is 0.538. The van der Waals surface area contributed by atoms with Crippen molar-refractivity contribution in [1.29, 1.82) is 0 Å². The van der Waals surface area contributed by atoms with Crippen molar-refractivity contribution in [2.24, 2.45) is 10.9 Å². The molecular formula is C22H26ClN5O3. The Balaban J connectivity index is 1.93. The molecule has 31 heavy (non-hydrogen) atoms. The first-order chi connectivity index (χ1) is 14.7. The van der Waals surface area contributed by atoms with E-state index in [4.69, 9.17) is 16.3 Å². The average molecular weight is 444 g/mol. The zero-order chi connectivity index (χ0) is 22.4. The van der Waals surface area contributed by atoms with Gasteiger partial charge in [-0.25, -0.2) is 19.8 Å². The number of pyridine rings is 2. The van der Waals surface area contributed by atoms with Crippen LogP contribution in [0.15, 0.2) is 41.7 Å². The first kappa shape index (κ1) is 22.8. The summed E-state index contributed by atoms with van der Waals surface area (Å²) in [5, 5.41) is 6.42. The third-order valence-corrected chi connectivity index (χ3v) is 4.77. The highest BCUT2D eigenvalue weighted by Gasteiger charge is 2.29. The molecule has 0 spiro atoms. The fourth-order valence-corrected chi connectivity index (χ4v) is 3.26. The zero-order valence-electron chi connectivity index (χ0n) is 17.8. The molecule has 0 aromatic carbocycles. The number of hydrogen-bond acceptors (Lipinski definition) is 7. The van der Waals surface area contributed by atoms with Crippen molar-refractivity contribution >= 4 is 40.7 Å². The highest BCUT2D eigenvalue weighted by atomic mass is 35.5. The van der Waals surface area contributed by atoms with Crippen LogP contribution in [0.2, 0.25) is 5.02 Å². The molecule has 2 aromatic heterocycles. The number of anilines is 1. The van der Waals surface area contributed by atoms with E-state index in [0.29, 0.717) is 22.2 Å². The van der Waals surface area contributed by atoms with Gasteiger partial charge in [0.15, 0.2) is 5.69 Å². The molecule has 1 amide bonds. The highest BCUT2D eigenvalue weighted by Crippen LogP contribution is 2.24. The second kappa shape index (κ2) is 9.98. The van der Waals surface area contributed by atoms with Gasteiger partial charge in [0.25, 0.3) is 5.91 Å². The van der Waals surface area contributed by atoms with E-state index in [1.54, 1.807) is 24.3 Å². The molecule has 8 nitrogen and oxygen atoms in total. The predicted octanol–water partition coefficient (Wildman–Crippen LogP) is 3.80. The van der Waals surface area contributed by atoms with E-state index < -0.39 is 17.5 Å². The molecule has 1 saturated heterocycles. The summed E-state index contributed by atoms with van der Waals surface area (Å²) in [5.74, 6) is -0.692. The smallest absolute Gasteiger partial charge is 0.353 e. The number of ether oxygens (including phenoxy) is 1. The van der Waals surface area contributed by atoms with E-state index in [1.165, 1.54) is 12.4 Å². The minimum Gasteiger partial charge on any atom is -0.455 e. The summed E-state index contributed by atoms with van der Waals surface area (Å²) >= 11 is 5.84. The lowest BCUT2D eigenvalue weighted by Crippen LogP contribution is -2.38. The Bertz CT molecular complexity index is 964. The summed E-state index contributed by atoms with van der Waals surface area (Å²) in [6, 6.07) is 6.54. The Kier molecular flexibility index (Phi) is 7.35. The summed E-state index contributed by atoms with van der Waals surface area (Å²) < 4.78 is 5.60. The number of amides is 1. The molecule has 2 aromatic rings. The van der Waals surface area contributed by atoms with Crippen molar-refractivity contribution in [1.82, 2.24) is 15.3 Å². The van der Waals surface area contributed by atoms with Crippen LogP contribution in [-0.2, 0) is 9.53 Å². The molecule has 1 aliphatic heterocycles. The number of nitrogens with zero attached hydrogens (tertiary/aromatic N) is 3. The van der Waals surface area contributed by atoms with Gasteiger partial charge in [-0.1, -0.05) is 11.6 Å². The van der Waals surface area contributed by atoms with Gasteiger partial charge in [0.2, 0.25) is 0 Å². The molecule has 164 valence electrons. The van der Waals surface area contributed by atoms with Gasteiger partial charge in [-0.2, -0.15) is 0 Å². The zero-order valence-corrected chi connectivity index (χ0v) is 18.6. The van der Waals surface area contributed by atoms with E-state index in [2.05, 4.69) is 25.6 Å². The monoisotopic (exact) mass is 443 g/mol. The minimum atomic E-state index is -0.653. The van der Waals surface area contributed by atoms with Crippen molar-refractivity contribution in [3.8, 4) is 0 Å². The number of esters is 1. The van der Waals surface area contributed by atoms with Crippen LogP contribution in [0.5, 0.6) is 0 Å². The molecule has 1 aliphatic rings. The summed E-state index contributed by atoms with van der Waals surface area (Å²) in [5.41, 5.74) is 0.0471. The van der Waals surface area contributed by atoms with Gasteiger partial charge in [-0.3, -0.25) is 4.79 Å². The predicted molar refractivity (Wildman–Crippen MR) is 120 cm³/mol. The lowest BCUT2D eigenvalue weighted by Gasteiger charge is -2.26. The Morgan fingerprint density at radius 2 is 1.94 bits per heavy atom. The lowest BCUT2D eigenvalue weighted by atomic mass is 9.92.